The third-order valence-electron chi connectivity index (χ3n) is 2.80. The number of carbonyl (C=O) groups excluding carboxylic acids is 1. The van der Waals surface area contributed by atoms with E-state index in [-0.39, 0.29) is 5.78 Å². The zero-order valence-corrected chi connectivity index (χ0v) is 11.1. The van der Waals surface area contributed by atoms with Gasteiger partial charge in [-0.15, -0.1) is 0 Å². The van der Waals surface area contributed by atoms with Crippen molar-refractivity contribution in [2.45, 2.75) is 33.6 Å². The Labute approximate surface area is 100 Å². The maximum atomic E-state index is 12.0. The summed E-state index contributed by atoms with van der Waals surface area (Å²) < 4.78 is 1.01. The van der Waals surface area contributed by atoms with E-state index in [0.29, 0.717) is 12.3 Å². The Kier molecular flexibility index (Phi) is 4.52. The molecule has 1 aromatic carbocycles. The second-order valence-electron chi connectivity index (χ2n) is 4.05. The van der Waals surface area contributed by atoms with E-state index in [1.807, 2.05) is 25.1 Å². The van der Waals surface area contributed by atoms with Crippen molar-refractivity contribution in [3.63, 3.8) is 0 Å². The summed E-state index contributed by atoms with van der Waals surface area (Å²) in [6, 6.07) is 5.79. The number of hydrogen-bond donors (Lipinski definition) is 0. The molecule has 0 spiro atoms. The molecule has 0 aliphatic rings. The topological polar surface area (TPSA) is 17.1 Å². The van der Waals surface area contributed by atoms with Crippen LogP contribution >= 0.6 is 15.9 Å². The van der Waals surface area contributed by atoms with Crippen LogP contribution in [0.5, 0.6) is 0 Å². The first-order chi connectivity index (χ1) is 7.06. The second kappa shape index (κ2) is 5.45. The number of ketones is 1. The smallest absolute Gasteiger partial charge is 0.163 e. The highest BCUT2D eigenvalue weighted by Crippen LogP contribution is 2.22. The van der Waals surface area contributed by atoms with Gasteiger partial charge in [0.15, 0.2) is 5.78 Å². The van der Waals surface area contributed by atoms with Gasteiger partial charge in [-0.25, -0.2) is 0 Å². The van der Waals surface area contributed by atoms with Crippen molar-refractivity contribution in [2.24, 2.45) is 5.92 Å². The van der Waals surface area contributed by atoms with E-state index in [0.717, 1.165) is 22.0 Å². The average molecular weight is 269 g/mol. The number of Topliss-reactive ketones (excluding diaryl/α,β-unsaturated/α-hetero) is 1. The molecule has 1 atom stereocenters. The Morgan fingerprint density at radius 2 is 2.13 bits per heavy atom. The lowest BCUT2D eigenvalue weighted by Gasteiger charge is -2.10. The largest absolute Gasteiger partial charge is 0.294 e. The number of rotatable bonds is 4. The summed E-state index contributed by atoms with van der Waals surface area (Å²) in [5, 5.41) is 0. The first kappa shape index (κ1) is 12.4. The molecule has 0 aliphatic heterocycles. The van der Waals surface area contributed by atoms with E-state index >= 15 is 0 Å². The quantitative estimate of drug-likeness (QED) is 0.741. The maximum absolute atomic E-state index is 12.0. The molecule has 1 nitrogen and oxygen atoms in total. The van der Waals surface area contributed by atoms with E-state index in [1.54, 1.807) is 0 Å². The molecule has 0 saturated heterocycles. The van der Waals surface area contributed by atoms with Crippen LogP contribution in [0.2, 0.25) is 0 Å². The Bertz CT molecular complexity index is 358. The molecule has 0 saturated carbocycles. The molecular weight excluding hydrogens is 252 g/mol. The Hall–Kier alpha value is -0.630. The van der Waals surface area contributed by atoms with E-state index < -0.39 is 0 Å². The molecule has 15 heavy (non-hydrogen) atoms. The molecule has 1 aromatic rings. The number of halogens is 1. The van der Waals surface area contributed by atoms with Crippen LogP contribution in [0, 0.1) is 12.8 Å². The van der Waals surface area contributed by atoms with Gasteiger partial charge in [0, 0.05) is 16.5 Å². The molecule has 0 aliphatic carbocycles. The van der Waals surface area contributed by atoms with Crippen LogP contribution in [0.1, 0.15) is 42.6 Å². The van der Waals surface area contributed by atoms with Crippen LogP contribution in [-0.2, 0) is 0 Å². The maximum Gasteiger partial charge on any atom is 0.163 e. The molecule has 0 aromatic heterocycles. The first-order valence-corrected chi connectivity index (χ1v) is 6.13. The predicted octanol–water partition coefficient (Wildman–Crippen LogP) is 4.38. The number of hydrogen-bond acceptors (Lipinski definition) is 1. The summed E-state index contributed by atoms with van der Waals surface area (Å²) in [5.74, 6) is 0.721. The van der Waals surface area contributed by atoms with Gasteiger partial charge in [-0.1, -0.05) is 48.3 Å². The van der Waals surface area contributed by atoms with Crippen molar-refractivity contribution in [1.82, 2.24) is 0 Å². The van der Waals surface area contributed by atoms with Gasteiger partial charge >= 0.3 is 0 Å². The van der Waals surface area contributed by atoms with Gasteiger partial charge in [0.2, 0.25) is 0 Å². The van der Waals surface area contributed by atoms with Crippen molar-refractivity contribution in [2.75, 3.05) is 0 Å². The van der Waals surface area contributed by atoms with Crippen LogP contribution in [-0.4, -0.2) is 5.78 Å². The molecule has 0 fully saturated rings. The summed E-state index contributed by atoms with van der Waals surface area (Å²) in [5.41, 5.74) is 1.90. The minimum atomic E-state index is 0.253. The Morgan fingerprint density at radius 3 is 2.73 bits per heavy atom. The van der Waals surface area contributed by atoms with E-state index in [2.05, 4.69) is 29.8 Å². The van der Waals surface area contributed by atoms with Crippen molar-refractivity contribution in [1.29, 1.82) is 0 Å². The fourth-order valence-corrected chi connectivity index (χ4v) is 1.85. The molecule has 2 heteroatoms. The van der Waals surface area contributed by atoms with Gasteiger partial charge in [0.1, 0.15) is 0 Å². The highest BCUT2D eigenvalue weighted by atomic mass is 79.9. The van der Waals surface area contributed by atoms with Crippen LogP contribution in [0.3, 0.4) is 0 Å². The second-order valence-corrected chi connectivity index (χ2v) is 4.91. The Balaban J connectivity index is 2.87. The summed E-state index contributed by atoms with van der Waals surface area (Å²) in [6.07, 6.45) is 1.70. The minimum absolute atomic E-state index is 0.253. The molecule has 0 N–H and O–H groups in total. The van der Waals surface area contributed by atoms with E-state index in [4.69, 9.17) is 0 Å². The van der Waals surface area contributed by atoms with Gasteiger partial charge in [0.25, 0.3) is 0 Å². The van der Waals surface area contributed by atoms with Crippen molar-refractivity contribution in [3.05, 3.63) is 33.8 Å². The van der Waals surface area contributed by atoms with Crippen LogP contribution in [0.4, 0.5) is 0 Å². The van der Waals surface area contributed by atoms with Gasteiger partial charge in [0.05, 0.1) is 0 Å². The third kappa shape index (κ3) is 3.16. The van der Waals surface area contributed by atoms with Gasteiger partial charge in [-0.05, 0) is 24.5 Å². The molecule has 0 bridgehead atoms. The fourth-order valence-electron chi connectivity index (χ4n) is 1.48. The molecule has 0 radical (unpaired) electrons. The summed E-state index contributed by atoms with van der Waals surface area (Å²) >= 11 is 3.45. The zero-order chi connectivity index (χ0) is 11.4. The Morgan fingerprint density at radius 1 is 1.47 bits per heavy atom. The lowest BCUT2D eigenvalue weighted by atomic mass is 9.95. The standard InChI is InChI=1S/C13H17BrO/c1-4-9(2)8-13(15)11-6-5-7-12(14)10(11)3/h5-7,9H,4,8H2,1-3H3. The summed E-state index contributed by atoms with van der Waals surface area (Å²) in [6.45, 7) is 6.21. The predicted molar refractivity (Wildman–Crippen MR) is 67.3 cm³/mol. The van der Waals surface area contributed by atoms with Crippen molar-refractivity contribution in [3.8, 4) is 0 Å². The zero-order valence-electron chi connectivity index (χ0n) is 9.51. The summed E-state index contributed by atoms with van der Waals surface area (Å²) in [4.78, 5) is 12.0. The summed E-state index contributed by atoms with van der Waals surface area (Å²) in [7, 11) is 0. The van der Waals surface area contributed by atoms with E-state index in [9.17, 15) is 4.79 Å². The van der Waals surface area contributed by atoms with Gasteiger partial charge in [-0.3, -0.25) is 4.79 Å². The van der Waals surface area contributed by atoms with Crippen molar-refractivity contribution >= 4 is 21.7 Å². The number of benzene rings is 1. The van der Waals surface area contributed by atoms with Gasteiger partial charge in [-0.2, -0.15) is 0 Å². The highest BCUT2D eigenvalue weighted by Gasteiger charge is 2.13. The van der Waals surface area contributed by atoms with Crippen molar-refractivity contribution < 1.29 is 4.79 Å². The molecular formula is C13H17BrO. The lowest BCUT2D eigenvalue weighted by molar-refractivity contribution is 0.0963. The third-order valence-corrected chi connectivity index (χ3v) is 3.66. The minimum Gasteiger partial charge on any atom is -0.294 e. The molecule has 82 valence electrons. The van der Waals surface area contributed by atoms with Gasteiger partial charge < -0.3 is 0 Å². The average Bonchev–Trinajstić information content (AvgIpc) is 2.21. The lowest BCUT2D eigenvalue weighted by Crippen LogP contribution is -2.07. The fraction of sp³-hybridized carbons (Fsp3) is 0.462. The highest BCUT2D eigenvalue weighted by molar-refractivity contribution is 9.10. The monoisotopic (exact) mass is 268 g/mol. The first-order valence-electron chi connectivity index (χ1n) is 5.34. The molecule has 0 amide bonds. The van der Waals surface area contributed by atoms with Crippen LogP contribution < -0.4 is 0 Å². The molecule has 1 unspecified atom stereocenters. The SMILES string of the molecule is CCC(C)CC(=O)c1cccc(Br)c1C. The molecule has 1 rings (SSSR count). The normalized spacial score (nSPS) is 12.5. The number of carbonyl (C=O) groups is 1. The molecule has 0 heterocycles. The van der Waals surface area contributed by atoms with E-state index in [1.165, 1.54) is 0 Å². The van der Waals surface area contributed by atoms with Crippen LogP contribution in [0.15, 0.2) is 22.7 Å². The van der Waals surface area contributed by atoms with Crippen LogP contribution in [0.25, 0.3) is 0 Å².